The molecule has 1 aromatic rings. The van der Waals surface area contributed by atoms with Crippen LogP contribution in [0.4, 0.5) is 5.13 Å². The van der Waals surface area contributed by atoms with Crippen molar-refractivity contribution >= 4 is 38.3 Å². The zero-order valence-electron chi connectivity index (χ0n) is 8.03. The first-order chi connectivity index (χ1) is 7.25. The van der Waals surface area contributed by atoms with Crippen LogP contribution in [0.3, 0.4) is 0 Å². The fraction of sp³-hybridized carbons (Fsp3) is 0.556. The van der Waals surface area contributed by atoms with Gasteiger partial charge in [0.1, 0.15) is 0 Å². The Hall–Kier alpha value is -0.460. The summed E-state index contributed by atoms with van der Waals surface area (Å²) in [6.45, 7) is 1.30. The van der Waals surface area contributed by atoms with Crippen molar-refractivity contribution in [2.75, 3.05) is 18.5 Å². The minimum atomic E-state index is -0.0265. The van der Waals surface area contributed by atoms with Gasteiger partial charge in [-0.3, -0.25) is 4.79 Å². The summed E-state index contributed by atoms with van der Waals surface area (Å²) < 4.78 is 6.17. The molecule has 4 nitrogen and oxygen atoms in total. The molecule has 15 heavy (non-hydrogen) atoms. The molecule has 1 N–H and O–H groups in total. The van der Waals surface area contributed by atoms with Gasteiger partial charge < -0.3 is 10.1 Å². The van der Waals surface area contributed by atoms with Crippen LogP contribution in [-0.4, -0.2) is 24.1 Å². The Morgan fingerprint density at radius 2 is 2.60 bits per heavy atom. The second-order valence-corrected chi connectivity index (χ2v) is 5.78. The lowest BCUT2D eigenvalue weighted by atomic mass is 10.0. The summed E-state index contributed by atoms with van der Waals surface area (Å²) >= 11 is 4.71. The van der Waals surface area contributed by atoms with Gasteiger partial charge in [0.15, 0.2) is 5.13 Å². The number of halogens is 1. The number of nitrogens with one attached hydrogen (secondary N) is 1. The molecule has 0 aliphatic carbocycles. The lowest BCUT2D eigenvalue weighted by molar-refractivity contribution is -0.123. The van der Waals surface area contributed by atoms with Crippen LogP contribution >= 0.6 is 27.3 Å². The second-order valence-electron chi connectivity index (χ2n) is 3.37. The predicted octanol–water partition coefficient (Wildman–Crippen LogP) is 2.27. The Morgan fingerprint density at radius 1 is 1.73 bits per heavy atom. The first-order valence-corrected chi connectivity index (χ1v) is 6.36. The quantitative estimate of drug-likeness (QED) is 0.909. The zero-order chi connectivity index (χ0) is 10.7. The number of ether oxygens (including phenoxy) is 1. The zero-order valence-corrected chi connectivity index (χ0v) is 10.4. The Labute approximate surface area is 100 Å². The van der Waals surface area contributed by atoms with Crippen molar-refractivity contribution in [2.45, 2.75) is 12.8 Å². The molecule has 2 heterocycles. The van der Waals surface area contributed by atoms with E-state index in [1.807, 2.05) is 0 Å². The maximum Gasteiger partial charge on any atom is 0.231 e. The molecule has 1 aromatic heterocycles. The third-order valence-electron chi connectivity index (χ3n) is 2.24. The first kappa shape index (κ1) is 11.0. The molecule has 0 spiro atoms. The third kappa shape index (κ3) is 2.99. The minimum absolute atomic E-state index is 0.0107. The molecule has 0 bridgehead atoms. The molecule has 6 heteroatoms. The van der Waals surface area contributed by atoms with Gasteiger partial charge in [-0.15, -0.1) is 0 Å². The van der Waals surface area contributed by atoms with E-state index in [-0.39, 0.29) is 11.8 Å². The summed E-state index contributed by atoms with van der Waals surface area (Å²) in [4.78, 5) is 15.8. The van der Waals surface area contributed by atoms with Gasteiger partial charge in [-0.05, 0) is 28.8 Å². The molecule has 1 aliphatic heterocycles. The molecule has 1 fully saturated rings. The van der Waals surface area contributed by atoms with Crippen molar-refractivity contribution < 1.29 is 9.53 Å². The fourth-order valence-corrected chi connectivity index (χ4v) is 2.58. The van der Waals surface area contributed by atoms with E-state index in [0.717, 1.165) is 23.2 Å². The van der Waals surface area contributed by atoms with E-state index in [1.54, 1.807) is 6.20 Å². The lowest BCUT2D eigenvalue weighted by Gasteiger charge is -2.20. The number of hydrogen-bond acceptors (Lipinski definition) is 4. The topological polar surface area (TPSA) is 51.2 Å². The summed E-state index contributed by atoms with van der Waals surface area (Å²) in [5.41, 5.74) is 0. The highest BCUT2D eigenvalue weighted by Gasteiger charge is 2.22. The highest BCUT2D eigenvalue weighted by atomic mass is 79.9. The van der Waals surface area contributed by atoms with Gasteiger partial charge in [0.25, 0.3) is 0 Å². The number of rotatable bonds is 2. The summed E-state index contributed by atoms with van der Waals surface area (Å²) in [5, 5.41) is 3.43. The maximum atomic E-state index is 11.7. The Morgan fingerprint density at radius 3 is 3.20 bits per heavy atom. The lowest BCUT2D eigenvalue weighted by Crippen LogP contribution is -2.30. The van der Waals surface area contributed by atoms with Crippen LogP contribution in [0.15, 0.2) is 9.98 Å². The minimum Gasteiger partial charge on any atom is -0.381 e. The summed E-state index contributed by atoms with van der Waals surface area (Å²) in [5.74, 6) is -0.0158. The van der Waals surface area contributed by atoms with E-state index in [9.17, 15) is 4.79 Å². The van der Waals surface area contributed by atoms with Gasteiger partial charge in [0, 0.05) is 6.61 Å². The Balaban J connectivity index is 1.91. The maximum absolute atomic E-state index is 11.7. The molecule has 1 unspecified atom stereocenters. The standard InChI is InChI=1S/C9H11BrN2O2S/c10-7-4-11-9(15-7)12-8(13)6-2-1-3-14-5-6/h4,6H,1-3,5H2,(H,11,12,13). The van der Waals surface area contributed by atoms with Crippen LogP contribution in [0.5, 0.6) is 0 Å². The number of aromatic nitrogens is 1. The monoisotopic (exact) mass is 290 g/mol. The summed E-state index contributed by atoms with van der Waals surface area (Å²) in [6.07, 6.45) is 3.54. The highest BCUT2D eigenvalue weighted by molar-refractivity contribution is 9.11. The molecule has 1 atom stereocenters. The number of nitrogens with zero attached hydrogens (tertiary/aromatic N) is 1. The number of carbonyl (C=O) groups is 1. The molecule has 0 saturated carbocycles. The van der Waals surface area contributed by atoms with Gasteiger partial charge in [-0.1, -0.05) is 11.3 Å². The van der Waals surface area contributed by atoms with Crippen LogP contribution in [-0.2, 0) is 9.53 Å². The van der Waals surface area contributed by atoms with Crippen molar-refractivity contribution in [1.29, 1.82) is 0 Å². The van der Waals surface area contributed by atoms with Crippen molar-refractivity contribution in [3.63, 3.8) is 0 Å². The molecule has 2 rings (SSSR count). The molecular weight excluding hydrogens is 280 g/mol. The summed E-state index contributed by atoms with van der Waals surface area (Å²) in [6, 6.07) is 0. The molecule has 1 aliphatic rings. The molecule has 82 valence electrons. The fourth-order valence-electron chi connectivity index (χ4n) is 1.47. The molecule has 1 saturated heterocycles. The molecule has 1 amide bonds. The van der Waals surface area contributed by atoms with E-state index < -0.39 is 0 Å². The normalized spacial score (nSPS) is 21.3. The average molecular weight is 291 g/mol. The average Bonchev–Trinajstić information content (AvgIpc) is 2.65. The van der Waals surface area contributed by atoms with E-state index in [1.165, 1.54) is 11.3 Å². The van der Waals surface area contributed by atoms with Crippen LogP contribution in [0.1, 0.15) is 12.8 Å². The van der Waals surface area contributed by atoms with Crippen molar-refractivity contribution in [3.05, 3.63) is 9.98 Å². The highest BCUT2D eigenvalue weighted by Crippen LogP contribution is 2.24. The van der Waals surface area contributed by atoms with E-state index in [0.29, 0.717) is 11.7 Å². The molecule has 0 aromatic carbocycles. The van der Waals surface area contributed by atoms with Crippen molar-refractivity contribution in [1.82, 2.24) is 4.98 Å². The van der Waals surface area contributed by atoms with Gasteiger partial charge in [-0.2, -0.15) is 0 Å². The smallest absolute Gasteiger partial charge is 0.231 e. The first-order valence-electron chi connectivity index (χ1n) is 4.75. The van der Waals surface area contributed by atoms with Gasteiger partial charge >= 0.3 is 0 Å². The Bertz CT molecular complexity index is 350. The third-order valence-corrected chi connectivity index (χ3v) is 3.63. The van der Waals surface area contributed by atoms with E-state index >= 15 is 0 Å². The number of thiazole rings is 1. The van der Waals surface area contributed by atoms with Gasteiger partial charge in [0.2, 0.25) is 5.91 Å². The number of anilines is 1. The van der Waals surface area contributed by atoms with Crippen molar-refractivity contribution in [2.24, 2.45) is 5.92 Å². The van der Waals surface area contributed by atoms with Crippen molar-refractivity contribution in [3.8, 4) is 0 Å². The van der Waals surface area contributed by atoms with Crippen LogP contribution in [0.25, 0.3) is 0 Å². The molecular formula is C9H11BrN2O2S. The summed E-state index contributed by atoms with van der Waals surface area (Å²) in [7, 11) is 0. The SMILES string of the molecule is O=C(Nc1ncc(Br)s1)C1CCCOC1. The predicted molar refractivity (Wildman–Crippen MR) is 62.0 cm³/mol. The van der Waals surface area contributed by atoms with Crippen LogP contribution in [0, 0.1) is 5.92 Å². The molecule has 0 radical (unpaired) electrons. The van der Waals surface area contributed by atoms with E-state index in [4.69, 9.17) is 4.74 Å². The number of amides is 1. The van der Waals surface area contributed by atoms with Gasteiger partial charge in [0.05, 0.1) is 22.5 Å². The van der Waals surface area contributed by atoms with Crippen LogP contribution < -0.4 is 5.32 Å². The largest absolute Gasteiger partial charge is 0.381 e. The van der Waals surface area contributed by atoms with Gasteiger partial charge in [-0.25, -0.2) is 4.98 Å². The number of hydrogen-bond donors (Lipinski definition) is 1. The second kappa shape index (κ2) is 5.05. The Kier molecular flexibility index (Phi) is 3.71. The number of carbonyl (C=O) groups excluding carboxylic acids is 1. The van der Waals surface area contributed by atoms with Crippen LogP contribution in [0.2, 0.25) is 0 Å². The van der Waals surface area contributed by atoms with E-state index in [2.05, 4.69) is 26.2 Å².